The zero-order chi connectivity index (χ0) is 9.35. The highest BCUT2D eigenvalue weighted by atomic mass is 16.2. The monoisotopic (exact) mass is 170 g/mol. The minimum absolute atomic E-state index is 0.121. The summed E-state index contributed by atoms with van der Waals surface area (Å²) < 4.78 is 0. The zero-order valence-electron chi connectivity index (χ0n) is 8.13. The van der Waals surface area contributed by atoms with E-state index in [9.17, 15) is 4.79 Å². The van der Waals surface area contributed by atoms with Crippen LogP contribution in [-0.2, 0) is 4.79 Å². The SMILES string of the molecule is CC(=O)N1CCCC(N)C1(C)C. The average molecular weight is 170 g/mol. The second-order valence-electron chi connectivity index (χ2n) is 4.07. The third kappa shape index (κ3) is 1.46. The number of nitrogens with two attached hydrogens (primary N) is 1. The van der Waals surface area contributed by atoms with E-state index in [0.29, 0.717) is 0 Å². The predicted octanol–water partition coefficient (Wildman–Crippen LogP) is 0.735. The van der Waals surface area contributed by atoms with E-state index in [1.54, 1.807) is 6.92 Å². The lowest BCUT2D eigenvalue weighted by Crippen LogP contribution is -2.60. The van der Waals surface area contributed by atoms with Crippen molar-refractivity contribution >= 4 is 5.91 Å². The van der Waals surface area contributed by atoms with Gasteiger partial charge in [-0.1, -0.05) is 0 Å². The molecule has 1 heterocycles. The van der Waals surface area contributed by atoms with Crippen molar-refractivity contribution in [2.45, 2.75) is 45.2 Å². The van der Waals surface area contributed by atoms with Gasteiger partial charge in [0.1, 0.15) is 0 Å². The number of carbonyl (C=O) groups excluding carboxylic acids is 1. The minimum Gasteiger partial charge on any atom is -0.336 e. The van der Waals surface area contributed by atoms with Crippen molar-refractivity contribution in [1.29, 1.82) is 0 Å². The second kappa shape index (κ2) is 3.05. The maximum atomic E-state index is 11.2. The fourth-order valence-corrected chi connectivity index (χ4v) is 1.87. The molecule has 0 aromatic rings. The average Bonchev–Trinajstić information content (AvgIpc) is 1.94. The maximum absolute atomic E-state index is 11.2. The lowest BCUT2D eigenvalue weighted by Gasteiger charge is -2.46. The van der Waals surface area contributed by atoms with Gasteiger partial charge in [0.05, 0.1) is 5.54 Å². The Balaban J connectivity index is 2.79. The molecular weight excluding hydrogens is 152 g/mol. The highest BCUT2D eigenvalue weighted by Gasteiger charge is 2.37. The standard InChI is InChI=1S/C9H18N2O/c1-7(12)11-6-4-5-8(10)9(11,2)3/h8H,4-6,10H2,1-3H3. The van der Waals surface area contributed by atoms with Gasteiger partial charge in [0.25, 0.3) is 0 Å². The van der Waals surface area contributed by atoms with Crippen LogP contribution in [0.5, 0.6) is 0 Å². The summed E-state index contributed by atoms with van der Waals surface area (Å²) in [4.78, 5) is 13.1. The Bertz CT molecular complexity index is 189. The predicted molar refractivity (Wildman–Crippen MR) is 48.7 cm³/mol. The lowest BCUT2D eigenvalue weighted by molar-refractivity contribution is -0.136. The first-order chi connectivity index (χ1) is 5.46. The van der Waals surface area contributed by atoms with Gasteiger partial charge in [0.15, 0.2) is 0 Å². The van der Waals surface area contributed by atoms with Gasteiger partial charge in [-0.05, 0) is 26.7 Å². The molecular formula is C9H18N2O. The molecule has 3 nitrogen and oxygen atoms in total. The zero-order valence-corrected chi connectivity index (χ0v) is 8.13. The topological polar surface area (TPSA) is 46.3 Å². The van der Waals surface area contributed by atoms with Gasteiger partial charge >= 0.3 is 0 Å². The Morgan fingerprint density at radius 1 is 1.58 bits per heavy atom. The van der Waals surface area contributed by atoms with Gasteiger partial charge in [-0.25, -0.2) is 0 Å². The van der Waals surface area contributed by atoms with Gasteiger partial charge in [-0.3, -0.25) is 4.79 Å². The van der Waals surface area contributed by atoms with Crippen LogP contribution in [-0.4, -0.2) is 28.9 Å². The van der Waals surface area contributed by atoms with Crippen LogP contribution in [0, 0.1) is 0 Å². The molecule has 70 valence electrons. The highest BCUT2D eigenvalue weighted by Crippen LogP contribution is 2.26. The minimum atomic E-state index is -0.163. The molecule has 1 aliphatic heterocycles. The van der Waals surface area contributed by atoms with E-state index in [0.717, 1.165) is 19.4 Å². The Kier molecular flexibility index (Phi) is 2.42. The molecule has 0 aliphatic carbocycles. The van der Waals surface area contributed by atoms with Crippen molar-refractivity contribution < 1.29 is 4.79 Å². The summed E-state index contributed by atoms with van der Waals surface area (Å²) in [6.45, 7) is 6.55. The van der Waals surface area contributed by atoms with Crippen LogP contribution < -0.4 is 5.73 Å². The van der Waals surface area contributed by atoms with Gasteiger partial charge in [0.2, 0.25) is 5.91 Å². The van der Waals surface area contributed by atoms with E-state index in [2.05, 4.69) is 0 Å². The van der Waals surface area contributed by atoms with Crippen LogP contribution in [0.3, 0.4) is 0 Å². The van der Waals surface area contributed by atoms with Crippen molar-refractivity contribution in [2.75, 3.05) is 6.54 Å². The smallest absolute Gasteiger partial charge is 0.219 e. The number of nitrogens with zero attached hydrogens (tertiary/aromatic N) is 1. The van der Waals surface area contributed by atoms with Crippen LogP contribution >= 0.6 is 0 Å². The number of likely N-dealkylation sites (tertiary alicyclic amines) is 1. The van der Waals surface area contributed by atoms with Crippen LogP contribution in [0.25, 0.3) is 0 Å². The molecule has 1 amide bonds. The molecule has 0 saturated carbocycles. The van der Waals surface area contributed by atoms with E-state index in [4.69, 9.17) is 5.73 Å². The molecule has 0 bridgehead atoms. The highest BCUT2D eigenvalue weighted by molar-refractivity contribution is 5.74. The summed E-state index contributed by atoms with van der Waals surface area (Å²) in [6, 6.07) is 0.121. The summed E-state index contributed by atoms with van der Waals surface area (Å²) in [5, 5.41) is 0. The molecule has 1 rings (SSSR count). The molecule has 0 aromatic carbocycles. The van der Waals surface area contributed by atoms with Crippen molar-refractivity contribution in [3.63, 3.8) is 0 Å². The maximum Gasteiger partial charge on any atom is 0.219 e. The van der Waals surface area contributed by atoms with E-state index in [1.807, 2.05) is 18.7 Å². The van der Waals surface area contributed by atoms with Crippen LogP contribution in [0.15, 0.2) is 0 Å². The van der Waals surface area contributed by atoms with Crippen LogP contribution in [0.1, 0.15) is 33.6 Å². The summed E-state index contributed by atoms with van der Waals surface area (Å²) in [6.07, 6.45) is 2.06. The molecule has 1 atom stereocenters. The van der Waals surface area contributed by atoms with Gasteiger partial charge in [-0.15, -0.1) is 0 Å². The van der Waals surface area contributed by atoms with E-state index >= 15 is 0 Å². The number of hydrogen-bond acceptors (Lipinski definition) is 2. The van der Waals surface area contributed by atoms with Gasteiger partial charge < -0.3 is 10.6 Å². The molecule has 1 aliphatic rings. The number of amides is 1. The number of carbonyl (C=O) groups is 1. The molecule has 0 radical (unpaired) electrons. The molecule has 0 spiro atoms. The van der Waals surface area contributed by atoms with E-state index in [-0.39, 0.29) is 17.5 Å². The number of piperidine rings is 1. The first kappa shape index (κ1) is 9.52. The van der Waals surface area contributed by atoms with Crippen molar-refractivity contribution in [2.24, 2.45) is 5.73 Å². The summed E-state index contributed by atoms with van der Waals surface area (Å²) >= 11 is 0. The van der Waals surface area contributed by atoms with Crippen molar-refractivity contribution in [3.05, 3.63) is 0 Å². The molecule has 1 unspecified atom stereocenters. The summed E-state index contributed by atoms with van der Waals surface area (Å²) in [7, 11) is 0. The second-order valence-corrected chi connectivity index (χ2v) is 4.07. The van der Waals surface area contributed by atoms with Crippen molar-refractivity contribution in [3.8, 4) is 0 Å². The van der Waals surface area contributed by atoms with Gasteiger partial charge in [-0.2, -0.15) is 0 Å². The summed E-state index contributed by atoms with van der Waals surface area (Å²) in [5.74, 6) is 0.134. The normalized spacial score (nSPS) is 28.7. The first-order valence-electron chi connectivity index (χ1n) is 4.50. The molecule has 1 saturated heterocycles. The molecule has 0 aromatic heterocycles. The third-order valence-electron chi connectivity index (χ3n) is 2.88. The third-order valence-corrected chi connectivity index (χ3v) is 2.88. The fourth-order valence-electron chi connectivity index (χ4n) is 1.87. The van der Waals surface area contributed by atoms with Crippen molar-refractivity contribution in [1.82, 2.24) is 4.90 Å². The lowest BCUT2D eigenvalue weighted by atomic mass is 9.85. The Morgan fingerprint density at radius 2 is 2.17 bits per heavy atom. The molecule has 2 N–H and O–H groups in total. The largest absolute Gasteiger partial charge is 0.336 e. The number of hydrogen-bond donors (Lipinski definition) is 1. The Morgan fingerprint density at radius 3 is 2.58 bits per heavy atom. The Hall–Kier alpha value is -0.570. The van der Waals surface area contributed by atoms with Crippen LogP contribution in [0.4, 0.5) is 0 Å². The van der Waals surface area contributed by atoms with Gasteiger partial charge in [0, 0.05) is 19.5 Å². The summed E-state index contributed by atoms with van der Waals surface area (Å²) in [5.41, 5.74) is 5.78. The Labute approximate surface area is 73.9 Å². The number of rotatable bonds is 0. The quantitative estimate of drug-likeness (QED) is 0.582. The van der Waals surface area contributed by atoms with Crippen LogP contribution in [0.2, 0.25) is 0 Å². The van der Waals surface area contributed by atoms with E-state index in [1.165, 1.54) is 0 Å². The van der Waals surface area contributed by atoms with E-state index < -0.39 is 0 Å². The first-order valence-corrected chi connectivity index (χ1v) is 4.50. The fraction of sp³-hybridized carbons (Fsp3) is 0.889. The molecule has 12 heavy (non-hydrogen) atoms. The molecule has 3 heteroatoms. The molecule has 1 fully saturated rings.